The van der Waals surface area contributed by atoms with E-state index in [1.807, 2.05) is 0 Å². The number of ketones is 1. The quantitative estimate of drug-likeness (QED) is 0.346. The molecule has 5 N–H and O–H groups in total. The van der Waals surface area contributed by atoms with Gasteiger partial charge in [0, 0.05) is 6.54 Å². The molecule has 0 aliphatic rings. The Hall–Kier alpha value is -0.490. The standard InChI is InChI=1S/C5H11NO4/c6-1-3(8)5(10)4(9)2-7/h3,5,7-8,10H,1-2,6H2/t3-,5-/m0/s1. The molecule has 0 fully saturated rings. The highest BCUT2D eigenvalue weighted by molar-refractivity contribution is 5.84. The molecule has 2 atom stereocenters. The first-order valence-corrected chi connectivity index (χ1v) is 2.83. The number of aliphatic hydroxyl groups excluding tert-OH is 3. The summed E-state index contributed by atoms with van der Waals surface area (Å²) in [6.45, 7) is -0.981. The fourth-order valence-corrected chi connectivity index (χ4v) is 0.437. The van der Waals surface area contributed by atoms with E-state index in [0.29, 0.717) is 0 Å². The molecule has 0 aliphatic carbocycles. The highest BCUT2D eigenvalue weighted by Crippen LogP contribution is 1.91. The molecule has 0 aliphatic heterocycles. The van der Waals surface area contributed by atoms with E-state index in [0.717, 1.165) is 0 Å². The van der Waals surface area contributed by atoms with Crippen LogP contribution in [0.5, 0.6) is 0 Å². The van der Waals surface area contributed by atoms with Gasteiger partial charge in [-0.3, -0.25) is 4.79 Å². The first-order chi connectivity index (χ1) is 4.63. The maximum Gasteiger partial charge on any atom is 0.189 e. The van der Waals surface area contributed by atoms with Gasteiger partial charge in [-0.1, -0.05) is 0 Å². The second-order valence-electron chi connectivity index (χ2n) is 1.87. The second-order valence-corrected chi connectivity index (χ2v) is 1.87. The zero-order chi connectivity index (χ0) is 8.15. The van der Waals surface area contributed by atoms with Crippen LogP contribution >= 0.6 is 0 Å². The van der Waals surface area contributed by atoms with Crippen LogP contribution in [0.15, 0.2) is 0 Å². The average Bonchev–Trinajstić information content (AvgIpc) is 2.00. The number of hydrogen-bond acceptors (Lipinski definition) is 5. The fourth-order valence-electron chi connectivity index (χ4n) is 0.437. The van der Waals surface area contributed by atoms with Crippen molar-refractivity contribution in [2.24, 2.45) is 5.73 Å². The molecular weight excluding hydrogens is 138 g/mol. The molecule has 0 spiro atoms. The van der Waals surface area contributed by atoms with Crippen LogP contribution in [0.1, 0.15) is 0 Å². The van der Waals surface area contributed by atoms with Gasteiger partial charge in [0.25, 0.3) is 0 Å². The normalized spacial score (nSPS) is 16.4. The Morgan fingerprint density at radius 2 is 2.00 bits per heavy atom. The molecule has 0 radical (unpaired) electrons. The molecule has 0 amide bonds. The van der Waals surface area contributed by atoms with Gasteiger partial charge < -0.3 is 21.1 Å². The Morgan fingerprint density at radius 1 is 1.50 bits per heavy atom. The van der Waals surface area contributed by atoms with E-state index in [1.54, 1.807) is 0 Å². The highest BCUT2D eigenvalue weighted by Gasteiger charge is 2.21. The Labute approximate surface area is 58.1 Å². The smallest absolute Gasteiger partial charge is 0.189 e. The molecule has 10 heavy (non-hydrogen) atoms. The van der Waals surface area contributed by atoms with Crippen LogP contribution < -0.4 is 5.73 Å². The molecule has 0 aromatic carbocycles. The summed E-state index contributed by atoms with van der Waals surface area (Å²) in [5.74, 6) is -0.821. The summed E-state index contributed by atoms with van der Waals surface area (Å²) in [4.78, 5) is 10.4. The van der Waals surface area contributed by atoms with Gasteiger partial charge in [-0.2, -0.15) is 0 Å². The summed E-state index contributed by atoms with van der Waals surface area (Å²) in [5, 5.41) is 25.7. The third-order valence-electron chi connectivity index (χ3n) is 1.09. The van der Waals surface area contributed by atoms with Crippen LogP contribution in [-0.2, 0) is 4.79 Å². The van der Waals surface area contributed by atoms with Gasteiger partial charge in [-0.25, -0.2) is 0 Å². The Morgan fingerprint density at radius 3 is 2.30 bits per heavy atom. The monoisotopic (exact) mass is 149 g/mol. The summed E-state index contributed by atoms with van der Waals surface area (Å²) >= 11 is 0. The van der Waals surface area contributed by atoms with Crippen molar-refractivity contribution in [3.63, 3.8) is 0 Å². The van der Waals surface area contributed by atoms with Gasteiger partial charge in [0.1, 0.15) is 12.7 Å². The van der Waals surface area contributed by atoms with Crippen LogP contribution in [-0.4, -0.2) is 46.5 Å². The zero-order valence-electron chi connectivity index (χ0n) is 5.40. The fraction of sp³-hybridized carbons (Fsp3) is 0.800. The van der Waals surface area contributed by atoms with Crippen molar-refractivity contribution in [3.8, 4) is 0 Å². The lowest BCUT2D eigenvalue weighted by molar-refractivity contribution is -0.135. The number of Topliss-reactive ketones (excluding diaryl/α,β-unsaturated/α-hetero) is 1. The topological polar surface area (TPSA) is 104 Å². The van der Waals surface area contributed by atoms with Crippen LogP contribution in [0.3, 0.4) is 0 Å². The minimum absolute atomic E-state index is 0.201. The molecule has 0 bridgehead atoms. The molecule has 60 valence electrons. The van der Waals surface area contributed by atoms with E-state index in [4.69, 9.17) is 21.1 Å². The maximum atomic E-state index is 10.4. The average molecular weight is 149 g/mol. The zero-order valence-corrected chi connectivity index (χ0v) is 5.40. The third kappa shape index (κ3) is 2.40. The van der Waals surface area contributed by atoms with Crippen LogP contribution in [0.25, 0.3) is 0 Å². The molecule has 5 nitrogen and oxygen atoms in total. The third-order valence-corrected chi connectivity index (χ3v) is 1.09. The minimum atomic E-state index is -1.56. The van der Waals surface area contributed by atoms with E-state index in [2.05, 4.69) is 0 Å². The SMILES string of the molecule is NC[C@H](O)[C@H](O)C(=O)CO. The molecule has 0 rings (SSSR count). The number of aliphatic hydroxyl groups is 3. The van der Waals surface area contributed by atoms with Crippen molar-refractivity contribution >= 4 is 5.78 Å². The van der Waals surface area contributed by atoms with Crippen molar-refractivity contribution in [1.82, 2.24) is 0 Å². The lowest BCUT2D eigenvalue weighted by atomic mass is 10.1. The molecule has 5 heteroatoms. The van der Waals surface area contributed by atoms with Crippen molar-refractivity contribution in [3.05, 3.63) is 0 Å². The minimum Gasteiger partial charge on any atom is -0.389 e. The van der Waals surface area contributed by atoms with E-state index in [-0.39, 0.29) is 6.54 Å². The van der Waals surface area contributed by atoms with Gasteiger partial charge >= 0.3 is 0 Å². The Bertz CT molecular complexity index is 116. The highest BCUT2D eigenvalue weighted by atomic mass is 16.3. The summed E-state index contributed by atoms with van der Waals surface area (Å²) in [6.07, 6.45) is -2.84. The molecule has 0 aromatic heterocycles. The summed E-state index contributed by atoms with van der Waals surface area (Å²) in [7, 11) is 0. The first-order valence-electron chi connectivity index (χ1n) is 2.83. The second kappa shape index (κ2) is 4.35. The number of carbonyl (C=O) groups is 1. The molecule has 0 saturated heterocycles. The molecule has 0 unspecified atom stereocenters. The molecular formula is C5H11NO4. The van der Waals surface area contributed by atoms with Crippen LogP contribution in [0, 0.1) is 0 Å². The van der Waals surface area contributed by atoms with Crippen LogP contribution in [0.2, 0.25) is 0 Å². The van der Waals surface area contributed by atoms with E-state index >= 15 is 0 Å². The van der Waals surface area contributed by atoms with E-state index in [1.165, 1.54) is 0 Å². The molecule has 0 saturated carbocycles. The lowest BCUT2D eigenvalue weighted by Gasteiger charge is -2.12. The summed E-state index contributed by atoms with van der Waals surface area (Å²) in [6, 6.07) is 0. The van der Waals surface area contributed by atoms with Crippen molar-refractivity contribution < 1.29 is 20.1 Å². The van der Waals surface area contributed by atoms with Crippen molar-refractivity contribution in [1.29, 1.82) is 0 Å². The van der Waals surface area contributed by atoms with Gasteiger partial charge in [0.15, 0.2) is 5.78 Å². The Kier molecular flexibility index (Phi) is 4.13. The first kappa shape index (κ1) is 9.51. The van der Waals surface area contributed by atoms with Gasteiger partial charge in [0.2, 0.25) is 0 Å². The number of rotatable bonds is 4. The van der Waals surface area contributed by atoms with Crippen molar-refractivity contribution in [2.75, 3.05) is 13.2 Å². The predicted molar refractivity (Wildman–Crippen MR) is 33.2 cm³/mol. The van der Waals surface area contributed by atoms with Gasteiger partial charge in [-0.05, 0) is 0 Å². The predicted octanol–water partition coefficient (Wildman–Crippen LogP) is -2.77. The molecule has 0 aromatic rings. The van der Waals surface area contributed by atoms with E-state index < -0.39 is 24.6 Å². The van der Waals surface area contributed by atoms with E-state index in [9.17, 15) is 4.79 Å². The summed E-state index contributed by atoms with van der Waals surface area (Å²) < 4.78 is 0. The maximum absolute atomic E-state index is 10.4. The molecule has 0 heterocycles. The summed E-state index contributed by atoms with van der Waals surface area (Å²) in [5.41, 5.74) is 4.92. The largest absolute Gasteiger partial charge is 0.389 e. The number of hydrogen-bond donors (Lipinski definition) is 4. The van der Waals surface area contributed by atoms with Crippen molar-refractivity contribution in [2.45, 2.75) is 12.2 Å². The lowest BCUT2D eigenvalue weighted by Crippen LogP contribution is -2.40. The van der Waals surface area contributed by atoms with Gasteiger partial charge in [-0.15, -0.1) is 0 Å². The Balaban J connectivity index is 3.81. The number of nitrogens with two attached hydrogens (primary N) is 1. The number of carbonyl (C=O) groups excluding carboxylic acids is 1. The van der Waals surface area contributed by atoms with Crippen LogP contribution in [0.4, 0.5) is 0 Å². The van der Waals surface area contributed by atoms with Gasteiger partial charge in [0.05, 0.1) is 6.10 Å².